The molecule has 3 N–H and O–H groups in total. The number of nitrogens with zero attached hydrogens (tertiary/aromatic N) is 5. The van der Waals surface area contributed by atoms with E-state index in [1.807, 2.05) is 0 Å². The van der Waals surface area contributed by atoms with Gasteiger partial charge in [0.2, 0.25) is 5.95 Å². The van der Waals surface area contributed by atoms with Crippen molar-refractivity contribution in [2.75, 3.05) is 38.0 Å². The van der Waals surface area contributed by atoms with Gasteiger partial charge in [0.25, 0.3) is 5.91 Å². The van der Waals surface area contributed by atoms with Gasteiger partial charge in [0, 0.05) is 56.4 Å². The monoisotopic (exact) mass is 677 g/mol. The first-order chi connectivity index (χ1) is 22.4. The minimum absolute atomic E-state index is 0.00292. The molecule has 47 heavy (non-hydrogen) atoms. The van der Waals surface area contributed by atoms with Gasteiger partial charge in [0.15, 0.2) is 8.03 Å². The maximum Gasteiger partial charge on any atom is 0.421 e. The molecular weight excluding hydrogens is 645 g/mol. The van der Waals surface area contributed by atoms with E-state index in [0.717, 1.165) is 6.07 Å². The third-order valence-electron chi connectivity index (χ3n) is 7.32. The van der Waals surface area contributed by atoms with E-state index in [1.54, 1.807) is 31.3 Å². The van der Waals surface area contributed by atoms with Crippen molar-refractivity contribution in [2.45, 2.75) is 38.8 Å². The lowest BCUT2D eigenvalue weighted by molar-refractivity contribution is -0.137. The third kappa shape index (κ3) is 7.39. The Bertz CT molecular complexity index is 1820. The summed E-state index contributed by atoms with van der Waals surface area (Å²) in [6, 6.07) is 5.80. The van der Waals surface area contributed by atoms with Crippen LogP contribution in [0.15, 0.2) is 42.9 Å². The minimum atomic E-state index is -4.90. The Morgan fingerprint density at radius 1 is 1.13 bits per heavy atom. The lowest BCUT2D eigenvalue weighted by Gasteiger charge is -2.18. The number of fused-ring (bicyclic) bond motifs is 1. The van der Waals surface area contributed by atoms with Gasteiger partial charge in [-0.3, -0.25) is 14.0 Å². The molecule has 0 radical (unpaired) electrons. The standard InChI is InChI=1S/C30H32F4N7O5P/c1-4-46-47(44)16-17-6-7-22(24(10-17)45-3)38-29-35-13-20(30(32,33)34)27(39-29)37-23-11-21(31)25(19-15-40(2)28(43)26(19)23)18-12-36-41(14-18)8-5-9-42/h6-7,10-14,42,47H,4-5,8-9,15-16H2,1-3H3,(H2,35,37,38,39). The largest absolute Gasteiger partial charge is 0.495 e. The van der Waals surface area contributed by atoms with E-state index in [9.17, 15) is 22.5 Å². The number of aliphatic hydroxyl groups is 1. The zero-order valence-corrected chi connectivity index (χ0v) is 26.6. The molecule has 1 atom stereocenters. The molecule has 250 valence electrons. The van der Waals surface area contributed by atoms with Crippen LogP contribution in [0, 0.1) is 5.82 Å². The van der Waals surface area contributed by atoms with Crippen LogP contribution < -0.4 is 15.4 Å². The van der Waals surface area contributed by atoms with E-state index in [0.29, 0.717) is 42.6 Å². The first-order valence-corrected chi connectivity index (χ1v) is 16.0. The molecule has 1 aliphatic heterocycles. The highest BCUT2D eigenvalue weighted by molar-refractivity contribution is 7.38. The highest BCUT2D eigenvalue weighted by Gasteiger charge is 2.37. The summed E-state index contributed by atoms with van der Waals surface area (Å²) in [5.74, 6) is -1.98. The summed E-state index contributed by atoms with van der Waals surface area (Å²) in [5.41, 5.74) is 0.273. The number of aryl methyl sites for hydroxylation is 1. The van der Waals surface area contributed by atoms with Crippen LogP contribution >= 0.6 is 8.03 Å². The van der Waals surface area contributed by atoms with Crippen LogP contribution in [0.25, 0.3) is 11.1 Å². The van der Waals surface area contributed by atoms with E-state index >= 15 is 4.39 Å². The van der Waals surface area contributed by atoms with Gasteiger partial charge in [-0.2, -0.15) is 23.3 Å². The predicted octanol–water partition coefficient (Wildman–Crippen LogP) is 5.97. The van der Waals surface area contributed by atoms with Gasteiger partial charge in [0.1, 0.15) is 22.9 Å². The van der Waals surface area contributed by atoms with Crippen LogP contribution in [-0.4, -0.2) is 63.0 Å². The second kappa shape index (κ2) is 14.1. The Balaban J connectivity index is 1.52. The summed E-state index contributed by atoms with van der Waals surface area (Å²) >= 11 is 0. The summed E-state index contributed by atoms with van der Waals surface area (Å²) in [4.78, 5) is 22.5. The topological polar surface area (TPSA) is 144 Å². The summed E-state index contributed by atoms with van der Waals surface area (Å²) < 4.78 is 82.4. The van der Waals surface area contributed by atoms with Crippen LogP contribution in [0.1, 0.15) is 40.4 Å². The Labute approximate surface area is 267 Å². The second-order valence-corrected chi connectivity index (χ2v) is 12.0. The smallest absolute Gasteiger partial charge is 0.421 e. The molecule has 0 saturated carbocycles. The molecule has 12 nitrogen and oxygen atoms in total. The van der Waals surface area contributed by atoms with Gasteiger partial charge in [-0.15, -0.1) is 0 Å². The number of ether oxygens (including phenoxy) is 1. The van der Waals surface area contributed by atoms with Crippen molar-refractivity contribution in [3.8, 4) is 16.9 Å². The van der Waals surface area contributed by atoms with Gasteiger partial charge in [0.05, 0.1) is 36.9 Å². The number of carbonyl (C=O) groups excluding carboxylic acids is 1. The molecule has 1 aliphatic rings. The number of halogens is 4. The first-order valence-electron chi connectivity index (χ1n) is 14.5. The zero-order chi connectivity index (χ0) is 33.9. The van der Waals surface area contributed by atoms with E-state index in [4.69, 9.17) is 14.4 Å². The molecule has 0 saturated heterocycles. The number of aliphatic hydroxyl groups excluding tert-OH is 1. The number of aromatic nitrogens is 4. The van der Waals surface area contributed by atoms with Crippen LogP contribution in [0.2, 0.25) is 0 Å². The fraction of sp³-hybridized carbons (Fsp3) is 0.333. The van der Waals surface area contributed by atoms with Crippen molar-refractivity contribution >= 4 is 37.1 Å². The fourth-order valence-electron chi connectivity index (χ4n) is 5.18. The van der Waals surface area contributed by atoms with Crippen molar-refractivity contribution in [1.82, 2.24) is 24.6 Å². The van der Waals surface area contributed by atoms with Crippen molar-refractivity contribution < 1.29 is 41.3 Å². The van der Waals surface area contributed by atoms with E-state index in [-0.39, 0.29) is 53.4 Å². The van der Waals surface area contributed by atoms with Crippen molar-refractivity contribution in [3.05, 3.63) is 70.9 Å². The molecule has 17 heteroatoms. The number of hydrogen-bond donors (Lipinski definition) is 3. The summed E-state index contributed by atoms with van der Waals surface area (Å²) in [7, 11) is 0.584. The number of methoxy groups -OCH3 is 1. The molecule has 0 aliphatic carbocycles. The molecule has 2 aromatic carbocycles. The molecule has 0 bridgehead atoms. The Morgan fingerprint density at radius 3 is 2.62 bits per heavy atom. The van der Waals surface area contributed by atoms with Crippen molar-refractivity contribution in [1.29, 1.82) is 0 Å². The van der Waals surface area contributed by atoms with Gasteiger partial charge in [-0.05, 0) is 42.7 Å². The number of anilines is 4. The summed E-state index contributed by atoms with van der Waals surface area (Å²) in [6.45, 7) is 2.37. The minimum Gasteiger partial charge on any atom is -0.495 e. The molecule has 1 unspecified atom stereocenters. The highest BCUT2D eigenvalue weighted by atomic mass is 31.1. The number of carbonyl (C=O) groups is 1. The number of alkyl halides is 3. The lowest BCUT2D eigenvalue weighted by Crippen LogP contribution is -2.18. The first kappa shape index (κ1) is 33.8. The quantitative estimate of drug-likeness (QED) is 0.114. The van der Waals surface area contributed by atoms with Crippen LogP contribution in [0.3, 0.4) is 0 Å². The number of nitrogens with one attached hydrogen (secondary N) is 2. The lowest BCUT2D eigenvalue weighted by atomic mass is 9.96. The molecular formula is C30H32F4N7O5P. The average molecular weight is 678 g/mol. The Morgan fingerprint density at radius 2 is 1.91 bits per heavy atom. The third-order valence-corrected chi connectivity index (χ3v) is 8.63. The average Bonchev–Trinajstić information content (AvgIpc) is 3.60. The fourth-order valence-corrected chi connectivity index (χ4v) is 6.16. The van der Waals surface area contributed by atoms with Crippen molar-refractivity contribution in [3.63, 3.8) is 0 Å². The van der Waals surface area contributed by atoms with E-state index < -0.39 is 37.3 Å². The SMILES string of the molecule is CCO[PH](=O)Cc1ccc(Nc2ncc(C(F)(F)F)c(Nc3cc(F)c(-c4cnn(CCCO)c4)c4c3C(=O)N(C)C4)n2)c(OC)c1. The maximum absolute atomic E-state index is 15.8. The maximum atomic E-state index is 15.8. The normalized spacial score (nSPS) is 13.5. The number of benzene rings is 2. The summed E-state index contributed by atoms with van der Waals surface area (Å²) in [5, 5.41) is 18.7. The molecule has 4 aromatic rings. The van der Waals surface area contributed by atoms with Gasteiger partial charge >= 0.3 is 6.18 Å². The Hall–Kier alpha value is -4.53. The Kier molecular flexibility index (Phi) is 10.1. The molecule has 3 heterocycles. The van der Waals surface area contributed by atoms with Gasteiger partial charge in [-0.25, -0.2) is 9.37 Å². The molecule has 5 rings (SSSR count). The van der Waals surface area contributed by atoms with Gasteiger partial charge < -0.3 is 29.9 Å². The van der Waals surface area contributed by atoms with Gasteiger partial charge in [-0.1, -0.05) is 6.07 Å². The van der Waals surface area contributed by atoms with Crippen LogP contribution in [-0.2, 0) is 34.5 Å². The predicted molar refractivity (Wildman–Crippen MR) is 166 cm³/mol. The summed E-state index contributed by atoms with van der Waals surface area (Å²) in [6.07, 6.45) is -0.723. The zero-order valence-electron chi connectivity index (χ0n) is 25.6. The van der Waals surface area contributed by atoms with Crippen LogP contribution in [0.4, 0.5) is 40.7 Å². The molecule has 0 spiro atoms. The van der Waals surface area contributed by atoms with E-state index in [1.165, 1.54) is 29.9 Å². The number of hydrogen-bond acceptors (Lipinski definition) is 10. The number of amides is 1. The van der Waals surface area contributed by atoms with Crippen LogP contribution in [0.5, 0.6) is 5.75 Å². The highest BCUT2D eigenvalue weighted by Crippen LogP contribution is 2.42. The van der Waals surface area contributed by atoms with Crippen molar-refractivity contribution in [2.24, 2.45) is 0 Å². The van der Waals surface area contributed by atoms with E-state index in [2.05, 4.69) is 25.7 Å². The molecule has 1 amide bonds. The molecule has 0 fully saturated rings. The number of rotatable bonds is 13. The second-order valence-electron chi connectivity index (χ2n) is 10.6. The molecule has 2 aromatic heterocycles.